The standard InChI is InChI=1S/C19H17Cl2N3O3/c1-10(27-11(2)25)19(26)24-15-5-3-13(20)7-12(15)8-18-22-16-6-4-14(21)9-17(16)23-18/h3-7,9-10H,8H2,1-2H3,(H,22,23)(H,24,26)/t10-/m1/s1. The highest BCUT2D eigenvalue weighted by Gasteiger charge is 2.18. The second-order valence-corrected chi connectivity index (χ2v) is 6.94. The van der Waals surface area contributed by atoms with Crippen LogP contribution in [0, 0.1) is 0 Å². The Morgan fingerprint density at radius 1 is 1.19 bits per heavy atom. The Hall–Kier alpha value is -2.57. The van der Waals surface area contributed by atoms with Crippen molar-refractivity contribution >= 4 is 51.8 Å². The van der Waals surface area contributed by atoms with Gasteiger partial charge in [0, 0.05) is 29.1 Å². The highest BCUT2D eigenvalue weighted by atomic mass is 35.5. The number of fused-ring (bicyclic) bond motifs is 1. The molecular formula is C19H17Cl2N3O3. The van der Waals surface area contributed by atoms with Crippen LogP contribution in [0.15, 0.2) is 36.4 Å². The quantitative estimate of drug-likeness (QED) is 0.617. The average Bonchev–Trinajstić information content (AvgIpc) is 2.97. The van der Waals surface area contributed by atoms with Gasteiger partial charge in [-0.05, 0) is 48.9 Å². The minimum Gasteiger partial charge on any atom is -0.453 e. The van der Waals surface area contributed by atoms with Crippen molar-refractivity contribution in [2.45, 2.75) is 26.4 Å². The number of nitrogens with zero attached hydrogens (tertiary/aromatic N) is 1. The van der Waals surface area contributed by atoms with Crippen LogP contribution < -0.4 is 5.32 Å². The second-order valence-electron chi connectivity index (χ2n) is 6.06. The molecule has 2 aromatic carbocycles. The molecule has 3 rings (SSSR count). The Bertz CT molecular complexity index is 1020. The van der Waals surface area contributed by atoms with Crippen molar-refractivity contribution in [2.75, 3.05) is 5.32 Å². The molecule has 0 bridgehead atoms. The zero-order valence-corrected chi connectivity index (χ0v) is 16.2. The summed E-state index contributed by atoms with van der Waals surface area (Å²) in [7, 11) is 0. The monoisotopic (exact) mass is 405 g/mol. The van der Waals surface area contributed by atoms with E-state index in [2.05, 4.69) is 15.3 Å². The van der Waals surface area contributed by atoms with Gasteiger partial charge in [-0.15, -0.1) is 0 Å². The van der Waals surface area contributed by atoms with Crippen LogP contribution in [0.5, 0.6) is 0 Å². The summed E-state index contributed by atoms with van der Waals surface area (Å²) in [6.07, 6.45) is -0.482. The largest absolute Gasteiger partial charge is 0.453 e. The number of aromatic amines is 1. The minimum atomic E-state index is -0.903. The number of hydrogen-bond donors (Lipinski definition) is 2. The number of H-pyrrole nitrogens is 1. The summed E-state index contributed by atoms with van der Waals surface area (Å²) in [5.74, 6) is -0.238. The van der Waals surface area contributed by atoms with Crippen LogP contribution in [0.3, 0.4) is 0 Å². The Morgan fingerprint density at radius 3 is 2.63 bits per heavy atom. The molecule has 0 radical (unpaired) electrons. The molecule has 0 aliphatic carbocycles. The lowest BCUT2D eigenvalue weighted by atomic mass is 10.1. The molecule has 0 saturated carbocycles. The van der Waals surface area contributed by atoms with E-state index in [4.69, 9.17) is 27.9 Å². The lowest BCUT2D eigenvalue weighted by molar-refractivity contribution is -0.150. The summed E-state index contributed by atoms with van der Waals surface area (Å²) >= 11 is 12.1. The van der Waals surface area contributed by atoms with Crippen molar-refractivity contribution in [3.8, 4) is 0 Å². The lowest BCUT2D eigenvalue weighted by Crippen LogP contribution is -2.29. The third-order valence-electron chi connectivity index (χ3n) is 3.89. The van der Waals surface area contributed by atoms with Crippen LogP contribution in [0.25, 0.3) is 11.0 Å². The number of esters is 1. The zero-order valence-electron chi connectivity index (χ0n) is 14.7. The summed E-state index contributed by atoms with van der Waals surface area (Å²) < 4.78 is 4.91. The normalized spacial score (nSPS) is 12.0. The van der Waals surface area contributed by atoms with Crippen LogP contribution in [-0.2, 0) is 20.7 Å². The molecule has 1 aromatic heterocycles. The van der Waals surface area contributed by atoms with Gasteiger partial charge in [-0.3, -0.25) is 9.59 Å². The first kappa shape index (κ1) is 19.2. The highest BCUT2D eigenvalue weighted by molar-refractivity contribution is 6.31. The molecule has 0 aliphatic heterocycles. The molecule has 1 heterocycles. The first-order valence-corrected chi connectivity index (χ1v) is 8.98. The van der Waals surface area contributed by atoms with Gasteiger partial charge in [-0.25, -0.2) is 4.98 Å². The number of aromatic nitrogens is 2. The number of rotatable bonds is 5. The van der Waals surface area contributed by atoms with Gasteiger partial charge < -0.3 is 15.0 Å². The zero-order chi connectivity index (χ0) is 19.6. The van der Waals surface area contributed by atoms with Crippen molar-refractivity contribution in [1.82, 2.24) is 9.97 Å². The van der Waals surface area contributed by atoms with E-state index in [1.54, 1.807) is 30.3 Å². The molecule has 0 fully saturated rings. The Balaban J connectivity index is 1.85. The van der Waals surface area contributed by atoms with E-state index in [1.165, 1.54) is 13.8 Å². The molecule has 0 spiro atoms. The number of anilines is 1. The topological polar surface area (TPSA) is 84.1 Å². The van der Waals surface area contributed by atoms with Gasteiger partial charge in [0.15, 0.2) is 6.10 Å². The van der Waals surface area contributed by atoms with E-state index in [-0.39, 0.29) is 0 Å². The van der Waals surface area contributed by atoms with Gasteiger partial charge in [0.25, 0.3) is 5.91 Å². The van der Waals surface area contributed by atoms with Crippen molar-refractivity contribution < 1.29 is 14.3 Å². The van der Waals surface area contributed by atoms with Gasteiger partial charge >= 0.3 is 5.97 Å². The fourth-order valence-corrected chi connectivity index (χ4v) is 3.03. The summed E-state index contributed by atoms with van der Waals surface area (Å²) in [4.78, 5) is 31.0. The SMILES string of the molecule is CC(=O)O[C@H](C)C(=O)Nc1ccc(Cl)cc1Cc1nc2ccc(Cl)cc2[nH]1. The van der Waals surface area contributed by atoms with Gasteiger partial charge in [-0.1, -0.05) is 23.2 Å². The van der Waals surface area contributed by atoms with Crippen LogP contribution in [0.2, 0.25) is 10.0 Å². The Labute approximate surface area is 165 Å². The fraction of sp³-hybridized carbons (Fsp3) is 0.211. The van der Waals surface area contributed by atoms with E-state index in [9.17, 15) is 9.59 Å². The summed E-state index contributed by atoms with van der Waals surface area (Å²) in [5.41, 5.74) is 2.97. The molecule has 3 aromatic rings. The van der Waals surface area contributed by atoms with Crippen molar-refractivity contribution in [3.05, 3.63) is 57.8 Å². The van der Waals surface area contributed by atoms with E-state index in [0.717, 1.165) is 16.6 Å². The summed E-state index contributed by atoms with van der Waals surface area (Å²) in [6.45, 7) is 2.76. The predicted octanol–water partition coefficient (Wildman–Crippen LogP) is 4.35. The molecule has 0 aliphatic rings. The number of halogens is 2. The third-order valence-corrected chi connectivity index (χ3v) is 4.36. The molecule has 27 heavy (non-hydrogen) atoms. The van der Waals surface area contributed by atoms with Crippen LogP contribution >= 0.6 is 23.2 Å². The summed E-state index contributed by atoms with van der Waals surface area (Å²) in [5, 5.41) is 3.92. The van der Waals surface area contributed by atoms with E-state index < -0.39 is 18.0 Å². The number of ether oxygens (including phenoxy) is 1. The molecule has 6 nitrogen and oxygen atoms in total. The van der Waals surface area contributed by atoms with E-state index in [1.807, 2.05) is 6.07 Å². The van der Waals surface area contributed by atoms with Crippen molar-refractivity contribution in [1.29, 1.82) is 0 Å². The third kappa shape index (κ3) is 4.78. The molecule has 8 heteroatoms. The fourth-order valence-electron chi connectivity index (χ4n) is 2.67. The number of hydrogen-bond acceptors (Lipinski definition) is 4. The molecule has 1 amide bonds. The van der Waals surface area contributed by atoms with Gasteiger partial charge in [0.2, 0.25) is 0 Å². The Morgan fingerprint density at radius 2 is 1.89 bits per heavy atom. The Kier molecular flexibility index (Phi) is 5.68. The minimum absolute atomic E-state index is 0.421. The van der Waals surface area contributed by atoms with Gasteiger partial charge in [-0.2, -0.15) is 0 Å². The summed E-state index contributed by atoms with van der Waals surface area (Å²) in [6, 6.07) is 10.5. The van der Waals surface area contributed by atoms with Crippen LogP contribution in [0.1, 0.15) is 25.2 Å². The van der Waals surface area contributed by atoms with E-state index in [0.29, 0.717) is 28.0 Å². The predicted molar refractivity (Wildman–Crippen MR) is 105 cm³/mol. The number of carbonyl (C=O) groups is 2. The molecular weight excluding hydrogens is 389 g/mol. The molecule has 0 unspecified atom stereocenters. The second kappa shape index (κ2) is 7.98. The number of amides is 1. The highest BCUT2D eigenvalue weighted by Crippen LogP contribution is 2.25. The van der Waals surface area contributed by atoms with Gasteiger partial charge in [0.1, 0.15) is 5.82 Å². The first-order chi connectivity index (χ1) is 12.8. The number of carbonyl (C=O) groups excluding carboxylic acids is 2. The molecule has 1 atom stereocenters. The van der Waals surface area contributed by atoms with E-state index >= 15 is 0 Å². The van der Waals surface area contributed by atoms with Crippen molar-refractivity contribution in [3.63, 3.8) is 0 Å². The number of imidazole rings is 1. The number of benzene rings is 2. The maximum Gasteiger partial charge on any atom is 0.303 e. The van der Waals surface area contributed by atoms with Crippen LogP contribution in [0.4, 0.5) is 5.69 Å². The van der Waals surface area contributed by atoms with Gasteiger partial charge in [0.05, 0.1) is 11.0 Å². The molecule has 0 saturated heterocycles. The molecule has 140 valence electrons. The lowest BCUT2D eigenvalue weighted by Gasteiger charge is -2.15. The maximum absolute atomic E-state index is 12.3. The maximum atomic E-state index is 12.3. The van der Waals surface area contributed by atoms with Crippen molar-refractivity contribution in [2.24, 2.45) is 0 Å². The molecule has 2 N–H and O–H groups in total. The smallest absolute Gasteiger partial charge is 0.303 e. The average molecular weight is 406 g/mol. The van der Waals surface area contributed by atoms with Crippen LogP contribution in [-0.4, -0.2) is 27.9 Å². The first-order valence-electron chi connectivity index (χ1n) is 8.22. The number of nitrogens with one attached hydrogen (secondary N) is 2.